The van der Waals surface area contributed by atoms with Crippen LogP contribution >= 0.6 is 0 Å². The Bertz CT molecular complexity index is 520. The standard InChI is InChI=1S/C14H19N3O/c1-4-12-7-8-17(16-12)14-6-5-13(18-3)9-11(14)10-15-2/h5-9,15H,4,10H2,1-3H3. The van der Waals surface area contributed by atoms with Crippen LogP contribution in [0.3, 0.4) is 0 Å². The molecule has 2 aromatic rings. The smallest absolute Gasteiger partial charge is 0.119 e. The lowest BCUT2D eigenvalue weighted by Gasteiger charge is -2.11. The van der Waals surface area contributed by atoms with Crippen LogP contribution in [0.15, 0.2) is 30.5 Å². The van der Waals surface area contributed by atoms with Crippen molar-refractivity contribution < 1.29 is 4.74 Å². The highest BCUT2D eigenvalue weighted by Crippen LogP contribution is 2.21. The first-order valence-electron chi connectivity index (χ1n) is 6.15. The summed E-state index contributed by atoms with van der Waals surface area (Å²) in [6.07, 6.45) is 2.95. The summed E-state index contributed by atoms with van der Waals surface area (Å²) in [5, 5.41) is 7.72. The molecule has 0 fully saturated rings. The number of aryl methyl sites for hydroxylation is 1. The molecule has 0 atom stereocenters. The minimum Gasteiger partial charge on any atom is -0.497 e. The van der Waals surface area contributed by atoms with E-state index in [0.29, 0.717) is 0 Å². The molecular formula is C14H19N3O. The van der Waals surface area contributed by atoms with Gasteiger partial charge in [-0.3, -0.25) is 0 Å². The lowest BCUT2D eigenvalue weighted by atomic mass is 10.1. The third-order valence-corrected chi connectivity index (χ3v) is 2.91. The van der Waals surface area contributed by atoms with Crippen molar-refractivity contribution in [3.63, 3.8) is 0 Å². The van der Waals surface area contributed by atoms with Crippen molar-refractivity contribution >= 4 is 0 Å². The average Bonchev–Trinajstić information content (AvgIpc) is 2.87. The summed E-state index contributed by atoms with van der Waals surface area (Å²) < 4.78 is 7.18. The molecule has 4 nitrogen and oxygen atoms in total. The fourth-order valence-electron chi connectivity index (χ4n) is 1.93. The lowest BCUT2D eigenvalue weighted by molar-refractivity contribution is 0.414. The van der Waals surface area contributed by atoms with Crippen LogP contribution in [-0.4, -0.2) is 23.9 Å². The van der Waals surface area contributed by atoms with Crippen LogP contribution < -0.4 is 10.1 Å². The van der Waals surface area contributed by atoms with E-state index in [1.54, 1.807) is 7.11 Å². The summed E-state index contributed by atoms with van der Waals surface area (Å²) >= 11 is 0. The van der Waals surface area contributed by atoms with Gasteiger partial charge in [0.15, 0.2) is 0 Å². The highest BCUT2D eigenvalue weighted by atomic mass is 16.5. The first-order chi connectivity index (χ1) is 8.78. The van der Waals surface area contributed by atoms with Crippen LogP contribution in [0.25, 0.3) is 5.69 Å². The molecule has 0 saturated carbocycles. The average molecular weight is 245 g/mol. The molecule has 4 heteroatoms. The molecule has 96 valence electrons. The Balaban J connectivity index is 2.41. The molecular weight excluding hydrogens is 226 g/mol. The monoisotopic (exact) mass is 245 g/mol. The lowest BCUT2D eigenvalue weighted by Crippen LogP contribution is -2.10. The van der Waals surface area contributed by atoms with Gasteiger partial charge in [0.1, 0.15) is 5.75 Å². The molecule has 0 radical (unpaired) electrons. The predicted molar refractivity (Wildman–Crippen MR) is 72.3 cm³/mol. The molecule has 0 aliphatic heterocycles. The van der Waals surface area contributed by atoms with Gasteiger partial charge in [0, 0.05) is 12.7 Å². The molecule has 0 bridgehead atoms. The van der Waals surface area contributed by atoms with E-state index in [2.05, 4.69) is 17.3 Å². The van der Waals surface area contributed by atoms with E-state index in [1.165, 1.54) is 5.56 Å². The topological polar surface area (TPSA) is 39.1 Å². The van der Waals surface area contributed by atoms with Crippen LogP contribution in [0, 0.1) is 0 Å². The summed E-state index contributed by atoms with van der Waals surface area (Å²) in [7, 11) is 3.62. The van der Waals surface area contributed by atoms with Gasteiger partial charge >= 0.3 is 0 Å². The molecule has 1 aromatic heterocycles. The summed E-state index contributed by atoms with van der Waals surface area (Å²) in [5.74, 6) is 0.867. The van der Waals surface area contributed by atoms with E-state index in [1.807, 2.05) is 42.2 Å². The summed E-state index contributed by atoms with van der Waals surface area (Å²) in [4.78, 5) is 0. The Labute approximate surface area is 108 Å². The quantitative estimate of drug-likeness (QED) is 0.877. The first kappa shape index (κ1) is 12.6. The molecule has 1 N–H and O–H groups in total. The van der Waals surface area contributed by atoms with Gasteiger partial charge in [-0.15, -0.1) is 0 Å². The summed E-state index contributed by atoms with van der Waals surface area (Å²) in [6, 6.07) is 8.09. The van der Waals surface area contributed by atoms with Crippen molar-refractivity contribution in [3.05, 3.63) is 41.7 Å². The third-order valence-electron chi connectivity index (χ3n) is 2.91. The molecule has 2 rings (SSSR count). The molecule has 1 heterocycles. The van der Waals surface area contributed by atoms with Crippen LogP contribution in [-0.2, 0) is 13.0 Å². The molecule has 18 heavy (non-hydrogen) atoms. The first-order valence-corrected chi connectivity index (χ1v) is 6.15. The number of hydrogen-bond donors (Lipinski definition) is 1. The second-order valence-electron chi connectivity index (χ2n) is 4.13. The number of benzene rings is 1. The Kier molecular flexibility index (Phi) is 3.99. The van der Waals surface area contributed by atoms with E-state index < -0.39 is 0 Å². The molecule has 1 aromatic carbocycles. The minimum absolute atomic E-state index is 0.786. The van der Waals surface area contributed by atoms with Crippen molar-refractivity contribution in [1.82, 2.24) is 15.1 Å². The highest BCUT2D eigenvalue weighted by molar-refractivity contribution is 5.45. The molecule has 0 aliphatic carbocycles. The number of rotatable bonds is 5. The Morgan fingerprint density at radius 3 is 2.78 bits per heavy atom. The van der Waals surface area contributed by atoms with Crippen LogP contribution in [0.1, 0.15) is 18.2 Å². The van der Waals surface area contributed by atoms with E-state index in [4.69, 9.17) is 4.74 Å². The van der Waals surface area contributed by atoms with Crippen molar-refractivity contribution in [1.29, 1.82) is 0 Å². The van der Waals surface area contributed by atoms with E-state index in [9.17, 15) is 0 Å². The van der Waals surface area contributed by atoms with Gasteiger partial charge in [-0.1, -0.05) is 6.92 Å². The zero-order valence-corrected chi connectivity index (χ0v) is 11.1. The number of nitrogens with one attached hydrogen (secondary N) is 1. The van der Waals surface area contributed by atoms with Crippen LogP contribution in [0.5, 0.6) is 5.75 Å². The maximum Gasteiger partial charge on any atom is 0.119 e. The Morgan fingerprint density at radius 2 is 2.17 bits per heavy atom. The molecule has 0 spiro atoms. The number of methoxy groups -OCH3 is 1. The normalized spacial score (nSPS) is 10.6. The van der Waals surface area contributed by atoms with Gasteiger partial charge < -0.3 is 10.1 Å². The maximum atomic E-state index is 5.26. The van der Waals surface area contributed by atoms with Crippen LogP contribution in [0.4, 0.5) is 0 Å². The fourth-order valence-corrected chi connectivity index (χ4v) is 1.93. The number of ether oxygens (including phenoxy) is 1. The zero-order valence-electron chi connectivity index (χ0n) is 11.1. The number of hydrogen-bond acceptors (Lipinski definition) is 3. The Hall–Kier alpha value is -1.81. The van der Waals surface area contributed by atoms with Gasteiger partial charge in [-0.25, -0.2) is 4.68 Å². The second kappa shape index (κ2) is 5.69. The summed E-state index contributed by atoms with van der Waals surface area (Å²) in [6.45, 7) is 2.89. The maximum absolute atomic E-state index is 5.26. The predicted octanol–water partition coefficient (Wildman–Crippen LogP) is 2.16. The molecule has 0 unspecified atom stereocenters. The third kappa shape index (κ3) is 2.54. The van der Waals surface area contributed by atoms with Gasteiger partial charge in [0.05, 0.1) is 18.5 Å². The van der Waals surface area contributed by atoms with Gasteiger partial charge in [-0.05, 0) is 43.3 Å². The van der Waals surface area contributed by atoms with Gasteiger partial charge in [-0.2, -0.15) is 5.10 Å². The van der Waals surface area contributed by atoms with Gasteiger partial charge in [0.2, 0.25) is 0 Å². The van der Waals surface area contributed by atoms with E-state index in [-0.39, 0.29) is 0 Å². The van der Waals surface area contributed by atoms with Gasteiger partial charge in [0.25, 0.3) is 0 Å². The second-order valence-corrected chi connectivity index (χ2v) is 4.13. The summed E-state index contributed by atoms with van der Waals surface area (Å²) in [5.41, 5.74) is 3.36. The fraction of sp³-hybridized carbons (Fsp3) is 0.357. The SMILES string of the molecule is CCc1ccn(-c2ccc(OC)cc2CNC)n1. The Morgan fingerprint density at radius 1 is 1.33 bits per heavy atom. The van der Waals surface area contributed by atoms with Crippen molar-refractivity contribution in [2.75, 3.05) is 14.2 Å². The molecule has 0 aliphatic rings. The van der Waals surface area contributed by atoms with Crippen LogP contribution in [0.2, 0.25) is 0 Å². The van der Waals surface area contributed by atoms with Crippen molar-refractivity contribution in [2.45, 2.75) is 19.9 Å². The minimum atomic E-state index is 0.786. The van der Waals surface area contributed by atoms with E-state index in [0.717, 1.165) is 30.1 Å². The highest BCUT2D eigenvalue weighted by Gasteiger charge is 2.07. The number of nitrogens with zero attached hydrogens (tertiary/aromatic N) is 2. The number of aromatic nitrogens is 2. The molecule has 0 saturated heterocycles. The van der Waals surface area contributed by atoms with E-state index >= 15 is 0 Å². The zero-order chi connectivity index (χ0) is 13.0. The van der Waals surface area contributed by atoms with Crippen molar-refractivity contribution in [2.24, 2.45) is 0 Å². The largest absolute Gasteiger partial charge is 0.497 e. The van der Waals surface area contributed by atoms with Crippen molar-refractivity contribution in [3.8, 4) is 11.4 Å². The molecule has 0 amide bonds.